The normalized spacial score (nSPS) is 12.4. The number of benzene rings is 1. The smallest absolute Gasteiger partial charge is 0.0230 e. The summed E-state index contributed by atoms with van der Waals surface area (Å²) in [5, 5.41) is 3.44. The minimum Gasteiger partial charge on any atom is -0.310 e. The van der Waals surface area contributed by atoms with E-state index in [1.165, 1.54) is 11.1 Å². The predicted octanol–water partition coefficient (Wildman–Crippen LogP) is 3.66. The maximum atomic E-state index is 3.44. The van der Waals surface area contributed by atoms with E-state index in [4.69, 9.17) is 0 Å². The molecule has 0 unspecified atom stereocenters. The summed E-state index contributed by atoms with van der Waals surface area (Å²) in [5.74, 6) is 0. The first kappa shape index (κ1) is 16.2. The van der Waals surface area contributed by atoms with Crippen LogP contribution in [0.1, 0.15) is 45.7 Å². The van der Waals surface area contributed by atoms with Crippen molar-refractivity contribution in [3.05, 3.63) is 35.4 Å². The standard InChI is InChI=1S/C17H30N2/c1-14(2)18-11-15-7-9-16(10-8-15)12-19(6)13-17(3,4)5/h7-10,14,18H,11-13H2,1-6H3. The fourth-order valence-electron chi connectivity index (χ4n) is 2.26. The molecule has 1 aromatic carbocycles. The molecule has 0 amide bonds. The van der Waals surface area contributed by atoms with E-state index in [9.17, 15) is 0 Å². The lowest BCUT2D eigenvalue weighted by molar-refractivity contribution is 0.221. The molecule has 0 aliphatic carbocycles. The molecule has 0 heterocycles. The minimum absolute atomic E-state index is 0.357. The van der Waals surface area contributed by atoms with Crippen molar-refractivity contribution >= 4 is 0 Å². The Morgan fingerprint density at radius 2 is 1.58 bits per heavy atom. The van der Waals surface area contributed by atoms with Crippen LogP contribution in [-0.4, -0.2) is 24.5 Å². The molecule has 0 fully saturated rings. The van der Waals surface area contributed by atoms with Crippen LogP contribution >= 0.6 is 0 Å². The van der Waals surface area contributed by atoms with Crippen LogP contribution in [0.15, 0.2) is 24.3 Å². The summed E-state index contributed by atoms with van der Waals surface area (Å²) in [6.45, 7) is 14.3. The third-order valence-electron chi connectivity index (χ3n) is 2.93. The second-order valence-electron chi connectivity index (χ2n) is 7.09. The van der Waals surface area contributed by atoms with Crippen molar-refractivity contribution in [1.29, 1.82) is 0 Å². The molecule has 108 valence electrons. The van der Waals surface area contributed by atoms with Gasteiger partial charge in [-0.2, -0.15) is 0 Å². The van der Waals surface area contributed by atoms with Crippen LogP contribution in [0.25, 0.3) is 0 Å². The topological polar surface area (TPSA) is 15.3 Å². The second kappa shape index (κ2) is 7.06. The van der Waals surface area contributed by atoms with E-state index >= 15 is 0 Å². The SMILES string of the molecule is CC(C)NCc1ccc(CN(C)CC(C)(C)C)cc1. The second-order valence-corrected chi connectivity index (χ2v) is 7.09. The summed E-state index contributed by atoms with van der Waals surface area (Å²) in [6, 6.07) is 9.50. The Labute approximate surface area is 119 Å². The molecule has 0 atom stereocenters. The van der Waals surface area contributed by atoms with Crippen LogP contribution < -0.4 is 5.32 Å². The zero-order valence-electron chi connectivity index (χ0n) is 13.5. The highest BCUT2D eigenvalue weighted by molar-refractivity contribution is 5.22. The van der Waals surface area contributed by atoms with Crippen molar-refractivity contribution in [2.75, 3.05) is 13.6 Å². The third-order valence-corrected chi connectivity index (χ3v) is 2.93. The summed E-state index contributed by atoms with van der Waals surface area (Å²) >= 11 is 0. The van der Waals surface area contributed by atoms with Crippen molar-refractivity contribution in [1.82, 2.24) is 10.2 Å². The van der Waals surface area contributed by atoms with E-state index in [1.807, 2.05) is 0 Å². The Balaban J connectivity index is 2.48. The Morgan fingerprint density at radius 3 is 2.05 bits per heavy atom. The number of nitrogens with zero attached hydrogens (tertiary/aromatic N) is 1. The zero-order chi connectivity index (χ0) is 14.5. The van der Waals surface area contributed by atoms with E-state index in [1.54, 1.807) is 0 Å². The van der Waals surface area contributed by atoms with E-state index in [0.29, 0.717) is 11.5 Å². The Bertz CT molecular complexity index is 360. The molecule has 2 heteroatoms. The molecule has 0 aliphatic rings. The summed E-state index contributed by atoms with van der Waals surface area (Å²) in [6.07, 6.45) is 0. The summed E-state index contributed by atoms with van der Waals surface area (Å²) in [4.78, 5) is 2.39. The van der Waals surface area contributed by atoms with Gasteiger partial charge < -0.3 is 10.2 Å². The van der Waals surface area contributed by atoms with E-state index in [2.05, 4.69) is 76.1 Å². The highest BCUT2D eigenvalue weighted by atomic mass is 15.1. The maximum Gasteiger partial charge on any atom is 0.0230 e. The molecule has 1 aromatic rings. The molecule has 1 N–H and O–H groups in total. The first-order valence-corrected chi connectivity index (χ1v) is 7.26. The Hall–Kier alpha value is -0.860. The molecule has 0 saturated heterocycles. The predicted molar refractivity (Wildman–Crippen MR) is 84.2 cm³/mol. The van der Waals surface area contributed by atoms with Gasteiger partial charge in [-0.05, 0) is 23.6 Å². The molecular weight excluding hydrogens is 232 g/mol. The fraction of sp³-hybridized carbons (Fsp3) is 0.647. The van der Waals surface area contributed by atoms with Crippen molar-refractivity contribution in [3.8, 4) is 0 Å². The molecule has 0 saturated carbocycles. The number of rotatable bonds is 6. The number of hydrogen-bond donors (Lipinski definition) is 1. The largest absolute Gasteiger partial charge is 0.310 e. The summed E-state index contributed by atoms with van der Waals surface area (Å²) < 4.78 is 0. The van der Waals surface area contributed by atoms with Gasteiger partial charge >= 0.3 is 0 Å². The van der Waals surface area contributed by atoms with Gasteiger partial charge in [0.25, 0.3) is 0 Å². The Morgan fingerprint density at radius 1 is 1.05 bits per heavy atom. The minimum atomic E-state index is 0.357. The molecule has 2 nitrogen and oxygen atoms in total. The van der Waals surface area contributed by atoms with E-state index in [0.717, 1.165) is 19.6 Å². The van der Waals surface area contributed by atoms with Gasteiger partial charge in [-0.3, -0.25) is 0 Å². The van der Waals surface area contributed by atoms with Gasteiger partial charge in [0.2, 0.25) is 0 Å². The van der Waals surface area contributed by atoms with Crippen molar-refractivity contribution in [3.63, 3.8) is 0 Å². The Kier molecular flexibility index (Phi) is 6.02. The van der Waals surface area contributed by atoms with Crippen LogP contribution in [0.2, 0.25) is 0 Å². The van der Waals surface area contributed by atoms with Crippen molar-refractivity contribution in [2.45, 2.75) is 53.8 Å². The molecule has 0 spiro atoms. The summed E-state index contributed by atoms with van der Waals surface area (Å²) in [7, 11) is 2.19. The van der Waals surface area contributed by atoms with Gasteiger partial charge in [-0.15, -0.1) is 0 Å². The van der Waals surface area contributed by atoms with Gasteiger partial charge in [-0.25, -0.2) is 0 Å². The monoisotopic (exact) mass is 262 g/mol. The molecule has 1 rings (SSSR count). The highest BCUT2D eigenvalue weighted by Gasteiger charge is 2.13. The van der Waals surface area contributed by atoms with Crippen LogP contribution in [-0.2, 0) is 13.1 Å². The van der Waals surface area contributed by atoms with Gasteiger partial charge in [0.05, 0.1) is 0 Å². The average Bonchev–Trinajstić information content (AvgIpc) is 2.25. The lowest BCUT2D eigenvalue weighted by Crippen LogP contribution is -2.28. The quantitative estimate of drug-likeness (QED) is 0.841. The van der Waals surface area contributed by atoms with Gasteiger partial charge in [0.1, 0.15) is 0 Å². The molecule has 0 aromatic heterocycles. The molecule has 19 heavy (non-hydrogen) atoms. The van der Waals surface area contributed by atoms with Gasteiger partial charge in [-0.1, -0.05) is 58.9 Å². The zero-order valence-corrected chi connectivity index (χ0v) is 13.5. The van der Waals surface area contributed by atoms with Gasteiger partial charge in [0.15, 0.2) is 0 Å². The number of hydrogen-bond acceptors (Lipinski definition) is 2. The molecule has 0 radical (unpaired) electrons. The van der Waals surface area contributed by atoms with Crippen molar-refractivity contribution < 1.29 is 0 Å². The highest BCUT2D eigenvalue weighted by Crippen LogP contribution is 2.16. The first-order chi connectivity index (χ1) is 8.76. The van der Waals surface area contributed by atoms with Crippen molar-refractivity contribution in [2.24, 2.45) is 5.41 Å². The lowest BCUT2D eigenvalue weighted by Gasteiger charge is -2.26. The fourth-order valence-corrected chi connectivity index (χ4v) is 2.26. The van der Waals surface area contributed by atoms with Crippen LogP contribution in [0.5, 0.6) is 0 Å². The van der Waals surface area contributed by atoms with E-state index < -0.39 is 0 Å². The third kappa shape index (κ3) is 7.34. The summed E-state index contributed by atoms with van der Waals surface area (Å²) in [5.41, 5.74) is 3.10. The van der Waals surface area contributed by atoms with Crippen LogP contribution in [0.4, 0.5) is 0 Å². The van der Waals surface area contributed by atoms with Gasteiger partial charge in [0, 0.05) is 25.7 Å². The maximum absolute atomic E-state index is 3.44. The lowest BCUT2D eigenvalue weighted by atomic mass is 9.96. The molecule has 0 aliphatic heterocycles. The molecule has 0 bridgehead atoms. The van der Waals surface area contributed by atoms with Crippen LogP contribution in [0, 0.1) is 5.41 Å². The van der Waals surface area contributed by atoms with E-state index in [-0.39, 0.29) is 0 Å². The average molecular weight is 262 g/mol. The number of nitrogens with one attached hydrogen (secondary N) is 1. The molecular formula is C17H30N2. The first-order valence-electron chi connectivity index (χ1n) is 7.26. The van der Waals surface area contributed by atoms with Crippen LogP contribution in [0.3, 0.4) is 0 Å².